The minimum Gasteiger partial charge on any atom is -0.337 e. The largest absolute Gasteiger partial charge is 0.337 e. The molecule has 0 unspecified atom stereocenters. The van der Waals surface area contributed by atoms with Gasteiger partial charge in [-0.3, -0.25) is 9.48 Å². The Morgan fingerprint density at radius 2 is 1.79 bits per heavy atom. The van der Waals surface area contributed by atoms with Gasteiger partial charge < -0.3 is 9.80 Å². The van der Waals surface area contributed by atoms with Gasteiger partial charge in [-0.05, 0) is 31.2 Å². The normalized spacial score (nSPS) is 14.4. The fourth-order valence-electron chi connectivity index (χ4n) is 3.39. The lowest BCUT2D eigenvalue weighted by atomic mass is 10.1. The summed E-state index contributed by atoms with van der Waals surface area (Å²) in [5.74, 6) is 0.192. The van der Waals surface area contributed by atoms with E-state index in [2.05, 4.69) is 20.0 Å². The monoisotopic (exact) mass is 380 g/mol. The van der Waals surface area contributed by atoms with Crippen molar-refractivity contribution < 1.29 is 9.18 Å². The Balaban J connectivity index is 1.50. The van der Waals surface area contributed by atoms with E-state index < -0.39 is 0 Å². The molecule has 0 atom stereocenters. The first kappa shape index (κ1) is 18.1. The Bertz CT molecular complexity index is 995. The van der Waals surface area contributed by atoms with Gasteiger partial charge >= 0.3 is 0 Å². The summed E-state index contributed by atoms with van der Waals surface area (Å²) in [7, 11) is 1.72. The van der Waals surface area contributed by atoms with Crippen molar-refractivity contribution >= 4 is 11.9 Å². The van der Waals surface area contributed by atoms with Crippen molar-refractivity contribution in [2.45, 2.75) is 6.92 Å². The van der Waals surface area contributed by atoms with Gasteiger partial charge in [-0.2, -0.15) is 5.10 Å². The highest BCUT2D eigenvalue weighted by Gasteiger charge is 2.26. The summed E-state index contributed by atoms with van der Waals surface area (Å²) >= 11 is 0. The first-order chi connectivity index (χ1) is 13.5. The molecule has 1 aliphatic rings. The summed E-state index contributed by atoms with van der Waals surface area (Å²) in [6, 6.07) is 8.35. The van der Waals surface area contributed by atoms with E-state index in [0.717, 1.165) is 5.56 Å². The average Bonchev–Trinajstić information content (AvgIpc) is 3.11. The molecule has 28 heavy (non-hydrogen) atoms. The summed E-state index contributed by atoms with van der Waals surface area (Å²) in [6.07, 6.45) is 3.42. The molecular formula is C20H21FN6O. The number of carbonyl (C=O) groups is 1. The van der Waals surface area contributed by atoms with E-state index >= 15 is 0 Å². The molecule has 0 aliphatic carbocycles. The fourth-order valence-corrected chi connectivity index (χ4v) is 3.39. The fraction of sp³-hybridized carbons (Fsp3) is 0.300. The smallest absolute Gasteiger partial charge is 0.274 e. The van der Waals surface area contributed by atoms with Gasteiger partial charge in [0.2, 0.25) is 5.95 Å². The molecule has 7 nitrogen and oxygen atoms in total. The van der Waals surface area contributed by atoms with Gasteiger partial charge in [0.15, 0.2) is 5.69 Å². The van der Waals surface area contributed by atoms with Crippen LogP contribution < -0.4 is 4.90 Å². The Kier molecular flexibility index (Phi) is 4.77. The van der Waals surface area contributed by atoms with E-state index in [1.807, 2.05) is 6.92 Å². The minimum atomic E-state index is -0.330. The number of halogens is 1. The van der Waals surface area contributed by atoms with Crippen LogP contribution in [0.3, 0.4) is 0 Å². The molecule has 1 aliphatic heterocycles. The third-order valence-corrected chi connectivity index (χ3v) is 4.90. The molecular weight excluding hydrogens is 359 g/mol. The lowest BCUT2D eigenvalue weighted by molar-refractivity contribution is 0.0739. The second-order valence-corrected chi connectivity index (χ2v) is 6.85. The van der Waals surface area contributed by atoms with Gasteiger partial charge in [0.05, 0.1) is 5.69 Å². The molecule has 3 aromatic rings. The van der Waals surface area contributed by atoms with Crippen molar-refractivity contribution in [2.75, 3.05) is 31.1 Å². The Morgan fingerprint density at radius 3 is 2.50 bits per heavy atom. The SMILES string of the molecule is Cc1ccc(F)c(-c2cc(C(=O)N3CCN(c4ncccn4)CC3)nn2C)c1. The van der Waals surface area contributed by atoms with E-state index in [9.17, 15) is 9.18 Å². The van der Waals surface area contributed by atoms with Crippen molar-refractivity contribution in [3.63, 3.8) is 0 Å². The zero-order chi connectivity index (χ0) is 19.7. The first-order valence-electron chi connectivity index (χ1n) is 9.15. The molecule has 0 bridgehead atoms. The van der Waals surface area contributed by atoms with Gasteiger partial charge in [0.25, 0.3) is 5.91 Å². The number of hydrogen-bond donors (Lipinski definition) is 0. The lowest BCUT2D eigenvalue weighted by Gasteiger charge is -2.34. The van der Waals surface area contributed by atoms with E-state index in [4.69, 9.17) is 0 Å². The maximum atomic E-state index is 14.3. The molecule has 8 heteroatoms. The number of carbonyl (C=O) groups excluding carboxylic acids is 1. The van der Waals surface area contributed by atoms with Gasteiger partial charge in [0.1, 0.15) is 5.82 Å². The quantitative estimate of drug-likeness (QED) is 0.697. The summed E-state index contributed by atoms with van der Waals surface area (Å²) in [5.41, 5.74) is 2.30. The van der Waals surface area contributed by atoms with Crippen molar-refractivity contribution in [2.24, 2.45) is 7.05 Å². The van der Waals surface area contributed by atoms with Crippen LogP contribution in [0, 0.1) is 12.7 Å². The van der Waals surface area contributed by atoms with Crippen LogP contribution in [0.1, 0.15) is 16.1 Å². The second-order valence-electron chi connectivity index (χ2n) is 6.85. The highest BCUT2D eigenvalue weighted by atomic mass is 19.1. The summed E-state index contributed by atoms with van der Waals surface area (Å²) < 4.78 is 15.8. The van der Waals surface area contributed by atoms with E-state index in [0.29, 0.717) is 49.1 Å². The highest BCUT2D eigenvalue weighted by Crippen LogP contribution is 2.25. The summed E-state index contributed by atoms with van der Waals surface area (Å²) in [5, 5.41) is 4.33. The molecule has 2 aromatic heterocycles. The summed E-state index contributed by atoms with van der Waals surface area (Å²) in [6.45, 7) is 4.33. The molecule has 4 rings (SSSR count). The minimum absolute atomic E-state index is 0.149. The lowest BCUT2D eigenvalue weighted by Crippen LogP contribution is -2.49. The van der Waals surface area contributed by atoms with Crippen LogP contribution in [-0.4, -0.2) is 56.7 Å². The van der Waals surface area contributed by atoms with Gasteiger partial charge in [-0.1, -0.05) is 11.6 Å². The highest BCUT2D eigenvalue weighted by molar-refractivity contribution is 5.93. The molecule has 0 saturated carbocycles. The van der Waals surface area contributed by atoms with Gasteiger partial charge in [0, 0.05) is 51.2 Å². The third-order valence-electron chi connectivity index (χ3n) is 4.90. The molecule has 0 N–H and O–H groups in total. The maximum Gasteiger partial charge on any atom is 0.274 e. The van der Waals surface area contributed by atoms with Crippen molar-refractivity contribution in [1.29, 1.82) is 0 Å². The topological polar surface area (TPSA) is 67.2 Å². The Morgan fingerprint density at radius 1 is 1.07 bits per heavy atom. The molecule has 144 valence electrons. The maximum absolute atomic E-state index is 14.3. The zero-order valence-electron chi connectivity index (χ0n) is 15.8. The van der Waals surface area contributed by atoms with Crippen LogP contribution in [0.15, 0.2) is 42.7 Å². The van der Waals surface area contributed by atoms with E-state index in [1.165, 1.54) is 6.07 Å². The predicted molar refractivity (Wildman–Crippen MR) is 103 cm³/mol. The number of aryl methyl sites for hydroxylation is 2. The van der Waals surface area contributed by atoms with Crippen LogP contribution in [0.25, 0.3) is 11.3 Å². The number of rotatable bonds is 3. The van der Waals surface area contributed by atoms with Crippen LogP contribution in [-0.2, 0) is 7.05 Å². The van der Waals surface area contributed by atoms with Gasteiger partial charge in [-0.25, -0.2) is 14.4 Å². The second kappa shape index (κ2) is 7.38. The van der Waals surface area contributed by atoms with E-state index in [1.54, 1.807) is 53.3 Å². The predicted octanol–water partition coefficient (Wildman–Crippen LogP) is 2.29. The standard InChI is InChI=1S/C20H21FN6O/c1-14-4-5-16(21)15(12-14)18-13-17(24-25(18)2)19(28)26-8-10-27(11-9-26)20-22-6-3-7-23-20/h3-7,12-13H,8-11H2,1-2H3. The number of aromatic nitrogens is 4. The average molecular weight is 380 g/mol. The van der Waals surface area contributed by atoms with Crippen molar-refractivity contribution in [3.8, 4) is 11.3 Å². The number of piperazine rings is 1. The zero-order valence-corrected chi connectivity index (χ0v) is 15.8. The molecule has 1 fully saturated rings. The third kappa shape index (κ3) is 3.45. The van der Waals surface area contributed by atoms with Crippen LogP contribution in [0.2, 0.25) is 0 Å². The van der Waals surface area contributed by atoms with Crippen molar-refractivity contribution in [1.82, 2.24) is 24.6 Å². The van der Waals surface area contributed by atoms with Crippen LogP contribution >= 0.6 is 0 Å². The number of anilines is 1. The molecule has 3 heterocycles. The van der Waals surface area contributed by atoms with Crippen molar-refractivity contribution in [3.05, 3.63) is 59.8 Å². The van der Waals surface area contributed by atoms with E-state index in [-0.39, 0.29) is 11.7 Å². The first-order valence-corrected chi connectivity index (χ1v) is 9.15. The summed E-state index contributed by atoms with van der Waals surface area (Å²) in [4.78, 5) is 25.2. The number of amides is 1. The molecule has 0 radical (unpaired) electrons. The molecule has 1 amide bonds. The Labute approximate surface area is 162 Å². The number of hydrogen-bond acceptors (Lipinski definition) is 5. The van der Waals surface area contributed by atoms with Crippen LogP contribution in [0.5, 0.6) is 0 Å². The molecule has 1 aromatic carbocycles. The number of benzene rings is 1. The molecule has 0 spiro atoms. The van der Waals surface area contributed by atoms with Crippen LogP contribution in [0.4, 0.5) is 10.3 Å². The Hall–Kier alpha value is -3.29. The number of nitrogens with zero attached hydrogens (tertiary/aromatic N) is 6. The van der Waals surface area contributed by atoms with Gasteiger partial charge in [-0.15, -0.1) is 0 Å². The molecule has 1 saturated heterocycles.